The minimum atomic E-state index is -1.21. The van der Waals surface area contributed by atoms with E-state index in [4.69, 9.17) is 5.11 Å². The number of carbonyl (C=O) groups is 2. The molecular weight excluding hydrogens is 198 g/mol. The fraction of sp³-hybridized carbons (Fsp3) is 0.300. The van der Waals surface area contributed by atoms with Crippen LogP contribution in [0.15, 0.2) is 11.0 Å². The zero-order valence-electron chi connectivity index (χ0n) is 8.70. The number of carboxylic acids is 1. The summed E-state index contributed by atoms with van der Waals surface area (Å²) in [7, 11) is 1.45. The Labute approximate surface area is 86.0 Å². The van der Waals surface area contributed by atoms with Gasteiger partial charge in [-0.1, -0.05) is 0 Å². The van der Waals surface area contributed by atoms with Crippen molar-refractivity contribution in [2.75, 3.05) is 0 Å². The fourth-order valence-electron chi connectivity index (χ4n) is 1.51. The highest BCUT2D eigenvalue weighted by Gasteiger charge is 2.19. The van der Waals surface area contributed by atoms with Crippen LogP contribution in [0.25, 0.3) is 0 Å². The summed E-state index contributed by atoms with van der Waals surface area (Å²) in [5.74, 6) is -1.62. The smallest absolute Gasteiger partial charge is 0.337 e. The molecule has 5 heteroatoms. The highest BCUT2D eigenvalue weighted by atomic mass is 16.4. The lowest BCUT2D eigenvalue weighted by Gasteiger charge is -2.08. The standard InChI is InChI=1S/C10H11NO4/c1-5-8(6(2)12)7(10(14)15)4-11(3)9(5)13/h4H,1-3H3,(H,14,15). The first-order valence-corrected chi connectivity index (χ1v) is 4.30. The number of aromatic nitrogens is 1. The second-order valence-electron chi connectivity index (χ2n) is 3.32. The molecule has 0 fully saturated rings. The molecule has 0 amide bonds. The molecule has 0 saturated heterocycles. The Morgan fingerprint density at radius 2 is 1.93 bits per heavy atom. The molecule has 1 rings (SSSR count). The molecule has 1 N–H and O–H groups in total. The lowest BCUT2D eigenvalue weighted by molar-refractivity contribution is 0.0691. The van der Waals surface area contributed by atoms with Crippen LogP contribution in [0.1, 0.15) is 33.2 Å². The van der Waals surface area contributed by atoms with Gasteiger partial charge in [0.05, 0.1) is 5.56 Å². The number of carboxylic acid groups (broad SMARTS) is 1. The zero-order chi connectivity index (χ0) is 11.7. The van der Waals surface area contributed by atoms with Crippen molar-refractivity contribution in [1.82, 2.24) is 4.57 Å². The number of ketones is 1. The van der Waals surface area contributed by atoms with Crippen molar-refractivity contribution < 1.29 is 14.7 Å². The third-order valence-electron chi connectivity index (χ3n) is 2.19. The van der Waals surface area contributed by atoms with Crippen LogP contribution >= 0.6 is 0 Å². The lowest BCUT2D eigenvalue weighted by atomic mass is 10.0. The molecule has 0 aliphatic carbocycles. The Bertz CT molecular complexity index is 499. The topological polar surface area (TPSA) is 76.4 Å². The molecular formula is C10H11NO4. The highest BCUT2D eigenvalue weighted by molar-refractivity contribution is 6.05. The number of hydrogen-bond donors (Lipinski definition) is 1. The van der Waals surface area contributed by atoms with E-state index in [0.29, 0.717) is 0 Å². The van der Waals surface area contributed by atoms with Gasteiger partial charge in [0.1, 0.15) is 0 Å². The Balaban J connectivity index is 3.74. The molecule has 0 aliphatic rings. The summed E-state index contributed by atoms with van der Waals surface area (Å²) >= 11 is 0. The van der Waals surface area contributed by atoms with Crippen LogP contribution < -0.4 is 5.56 Å². The van der Waals surface area contributed by atoms with Gasteiger partial charge in [-0.3, -0.25) is 9.59 Å². The van der Waals surface area contributed by atoms with Gasteiger partial charge in [0, 0.05) is 24.4 Å². The van der Waals surface area contributed by atoms with Crippen molar-refractivity contribution in [3.05, 3.63) is 33.2 Å². The van der Waals surface area contributed by atoms with E-state index in [1.807, 2.05) is 0 Å². The van der Waals surface area contributed by atoms with E-state index in [0.717, 1.165) is 10.8 Å². The number of rotatable bonds is 2. The Morgan fingerprint density at radius 1 is 1.40 bits per heavy atom. The van der Waals surface area contributed by atoms with Crippen molar-refractivity contribution in [1.29, 1.82) is 0 Å². The maximum Gasteiger partial charge on any atom is 0.337 e. The summed E-state index contributed by atoms with van der Waals surface area (Å²) in [6.07, 6.45) is 1.16. The number of nitrogens with zero attached hydrogens (tertiary/aromatic N) is 1. The van der Waals surface area contributed by atoms with Gasteiger partial charge in [-0.05, 0) is 13.8 Å². The number of pyridine rings is 1. The molecule has 0 unspecified atom stereocenters. The van der Waals surface area contributed by atoms with E-state index in [1.54, 1.807) is 0 Å². The summed E-state index contributed by atoms with van der Waals surface area (Å²) in [5.41, 5.74) is -0.331. The van der Waals surface area contributed by atoms with Gasteiger partial charge < -0.3 is 9.67 Å². The fourth-order valence-corrected chi connectivity index (χ4v) is 1.51. The van der Waals surface area contributed by atoms with Gasteiger partial charge in [0.25, 0.3) is 5.56 Å². The van der Waals surface area contributed by atoms with Crippen molar-refractivity contribution in [2.45, 2.75) is 13.8 Å². The molecule has 0 atom stereocenters. The van der Waals surface area contributed by atoms with E-state index in [9.17, 15) is 14.4 Å². The number of carbonyl (C=O) groups excluding carboxylic acids is 1. The van der Waals surface area contributed by atoms with Crippen molar-refractivity contribution in [3.63, 3.8) is 0 Å². The average Bonchev–Trinajstić information content (AvgIpc) is 2.12. The number of Topliss-reactive ketones (excluding diaryl/α,β-unsaturated/α-hetero) is 1. The number of aromatic carboxylic acids is 1. The van der Waals surface area contributed by atoms with Crippen molar-refractivity contribution in [3.8, 4) is 0 Å². The summed E-state index contributed by atoms with van der Waals surface area (Å²) in [5, 5.41) is 8.89. The normalized spacial score (nSPS) is 10.1. The third kappa shape index (κ3) is 1.81. The lowest BCUT2D eigenvalue weighted by Crippen LogP contribution is -2.25. The van der Waals surface area contributed by atoms with Crippen LogP contribution in [0.4, 0.5) is 0 Å². The largest absolute Gasteiger partial charge is 0.478 e. The van der Waals surface area contributed by atoms with Crippen LogP contribution in [0.5, 0.6) is 0 Å². The Morgan fingerprint density at radius 3 is 2.33 bits per heavy atom. The van der Waals surface area contributed by atoms with E-state index < -0.39 is 11.8 Å². The van der Waals surface area contributed by atoms with Gasteiger partial charge >= 0.3 is 5.97 Å². The predicted molar refractivity (Wildman–Crippen MR) is 53.4 cm³/mol. The van der Waals surface area contributed by atoms with Crippen molar-refractivity contribution in [2.24, 2.45) is 7.05 Å². The predicted octanol–water partition coefficient (Wildman–Crippen LogP) is 0.595. The Hall–Kier alpha value is -1.91. The van der Waals surface area contributed by atoms with Gasteiger partial charge in [0.2, 0.25) is 0 Å². The molecule has 80 valence electrons. The first kappa shape index (κ1) is 11.2. The maximum atomic E-state index is 11.5. The number of aryl methyl sites for hydroxylation is 1. The molecule has 5 nitrogen and oxygen atoms in total. The molecule has 1 aromatic heterocycles. The van der Waals surface area contributed by atoms with E-state index in [1.165, 1.54) is 20.9 Å². The summed E-state index contributed by atoms with van der Waals surface area (Å²) in [4.78, 5) is 33.6. The van der Waals surface area contributed by atoms with E-state index >= 15 is 0 Å². The van der Waals surface area contributed by atoms with Crippen LogP contribution in [0.3, 0.4) is 0 Å². The SMILES string of the molecule is CC(=O)c1c(C(=O)O)cn(C)c(=O)c1C. The van der Waals surface area contributed by atoms with Gasteiger partial charge in [0.15, 0.2) is 5.78 Å². The molecule has 0 radical (unpaired) electrons. The van der Waals surface area contributed by atoms with Gasteiger partial charge in [-0.2, -0.15) is 0 Å². The molecule has 15 heavy (non-hydrogen) atoms. The summed E-state index contributed by atoms with van der Waals surface area (Å²) in [6, 6.07) is 0. The monoisotopic (exact) mass is 209 g/mol. The first-order chi connectivity index (χ1) is 6.86. The second kappa shape index (κ2) is 3.68. The molecule has 0 aliphatic heterocycles. The highest BCUT2D eigenvalue weighted by Crippen LogP contribution is 2.11. The first-order valence-electron chi connectivity index (χ1n) is 4.30. The van der Waals surface area contributed by atoms with Crippen LogP contribution in [0, 0.1) is 6.92 Å². The second-order valence-corrected chi connectivity index (χ2v) is 3.32. The molecule has 1 aromatic rings. The molecule has 0 aromatic carbocycles. The van der Waals surface area contributed by atoms with Crippen LogP contribution in [-0.2, 0) is 7.05 Å². The zero-order valence-corrected chi connectivity index (χ0v) is 8.70. The van der Waals surface area contributed by atoms with E-state index in [2.05, 4.69) is 0 Å². The minimum Gasteiger partial charge on any atom is -0.478 e. The van der Waals surface area contributed by atoms with Gasteiger partial charge in [-0.15, -0.1) is 0 Å². The maximum absolute atomic E-state index is 11.5. The summed E-state index contributed by atoms with van der Waals surface area (Å²) < 4.78 is 1.16. The quantitative estimate of drug-likeness (QED) is 0.723. The Kier molecular flexibility index (Phi) is 2.74. The third-order valence-corrected chi connectivity index (χ3v) is 2.19. The van der Waals surface area contributed by atoms with Gasteiger partial charge in [-0.25, -0.2) is 4.79 Å². The summed E-state index contributed by atoms with van der Waals surface area (Å²) in [6.45, 7) is 2.69. The van der Waals surface area contributed by atoms with Crippen LogP contribution in [-0.4, -0.2) is 21.4 Å². The molecule has 0 saturated carbocycles. The molecule has 0 spiro atoms. The average molecular weight is 209 g/mol. The van der Waals surface area contributed by atoms with E-state index in [-0.39, 0.29) is 22.2 Å². The molecule has 0 bridgehead atoms. The van der Waals surface area contributed by atoms with Crippen LogP contribution in [0.2, 0.25) is 0 Å². The molecule has 1 heterocycles. The minimum absolute atomic E-state index is 0.00870. The number of hydrogen-bond acceptors (Lipinski definition) is 3. The van der Waals surface area contributed by atoms with Crippen molar-refractivity contribution >= 4 is 11.8 Å².